The van der Waals surface area contributed by atoms with E-state index in [0.717, 1.165) is 51.7 Å². The average molecular weight is 516 g/mol. The van der Waals surface area contributed by atoms with Crippen LogP contribution in [0.15, 0.2) is 63.7 Å². The first-order valence-electron chi connectivity index (χ1n) is 9.55. The van der Waals surface area contributed by atoms with Gasteiger partial charge < -0.3 is 0 Å². The van der Waals surface area contributed by atoms with E-state index >= 15 is 0 Å². The number of piperidine rings is 1. The van der Waals surface area contributed by atoms with Crippen molar-refractivity contribution in [1.29, 1.82) is 0 Å². The molecule has 0 atom stereocenters. The molecular formula is C22H20Br2N4O. The molecule has 0 aliphatic carbocycles. The minimum atomic E-state index is -0.222. The Morgan fingerprint density at radius 3 is 1.97 bits per heavy atom. The summed E-state index contributed by atoms with van der Waals surface area (Å²) >= 11 is 6.94. The van der Waals surface area contributed by atoms with Gasteiger partial charge in [0.05, 0.1) is 17.6 Å². The van der Waals surface area contributed by atoms with Crippen molar-refractivity contribution in [2.24, 2.45) is 0 Å². The van der Waals surface area contributed by atoms with Crippen molar-refractivity contribution in [1.82, 2.24) is 20.4 Å². The minimum Gasteiger partial charge on any atom is -0.283 e. The fraction of sp³-hybridized carbons (Fsp3) is 0.227. The molecule has 1 saturated heterocycles. The largest absolute Gasteiger partial charge is 0.285 e. The Kier molecular flexibility index (Phi) is 6.37. The van der Waals surface area contributed by atoms with Crippen LogP contribution >= 0.6 is 31.9 Å². The van der Waals surface area contributed by atoms with Crippen LogP contribution in [0.5, 0.6) is 0 Å². The summed E-state index contributed by atoms with van der Waals surface area (Å²) in [7, 11) is 0. The smallest absolute Gasteiger partial charge is 0.283 e. The number of carbonyl (C=O) groups excluding carboxylic acids is 1. The molecule has 5 nitrogen and oxygen atoms in total. The minimum absolute atomic E-state index is 0.222. The fourth-order valence-corrected chi connectivity index (χ4v) is 3.86. The Labute approximate surface area is 186 Å². The molecule has 0 spiro atoms. The van der Waals surface area contributed by atoms with Gasteiger partial charge in [-0.25, -0.2) is 9.99 Å². The molecule has 1 fully saturated rings. The number of benzene rings is 2. The van der Waals surface area contributed by atoms with Crippen molar-refractivity contribution in [2.45, 2.75) is 19.3 Å². The van der Waals surface area contributed by atoms with Gasteiger partial charge in [0.2, 0.25) is 0 Å². The molecule has 3 aromatic rings. The second kappa shape index (κ2) is 9.15. The second-order valence-corrected chi connectivity index (χ2v) is 8.79. The van der Waals surface area contributed by atoms with E-state index in [2.05, 4.69) is 42.3 Å². The van der Waals surface area contributed by atoms with Crippen LogP contribution in [0, 0.1) is 0 Å². The van der Waals surface area contributed by atoms with E-state index in [1.165, 1.54) is 6.42 Å². The highest BCUT2D eigenvalue weighted by Gasteiger charge is 2.18. The maximum absolute atomic E-state index is 12.8. The van der Waals surface area contributed by atoms with Crippen LogP contribution in [0.1, 0.15) is 29.8 Å². The van der Waals surface area contributed by atoms with Gasteiger partial charge in [-0.3, -0.25) is 15.2 Å². The van der Waals surface area contributed by atoms with E-state index in [1.807, 2.05) is 53.5 Å². The van der Waals surface area contributed by atoms with Crippen LogP contribution in [0.4, 0.5) is 0 Å². The van der Waals surface area contributed by atoms with Gasteiger partial charge >= 0.3 is 0 Å². The number of carbonyl (C=O) groups is 1. The molecular weight excluding hydrogens is 496 g/mol. The number of hydrazine groups is 1. The van der Waals surface area contributed by atoms with E-state index < -0.39 is 0 Å². The van der Waals surface area contributed by atoms with Crippen LogP contribution in [0.25, 0.3) is 22.5 Å². The average Bonchev–Trinajstić information content (AvgIpc) is 2.75. The van der Waals surface area contributed by atoms with Crippen LogP contribution in [-0.4, -0.2) is 34.0 Å². The van der Waals surface area contributed by atoms with E-state index in [-0.39, 0.29) is 5.91 Å². The molecule has 0 saturated carbocycles. The van der Waals surface area contributed by atoms with Gasteiger partial charge in [0.1, 0.15) is 5.69 Å². The highest BCUT2D eigenvalue weighted by molar-refractivity contribution is 9.10. The number of rotatable bonds is 4. The molecule has 1 amide bonds. The van der Waals surface area contributed by atoms with Gasteiger partial charge in [-0.2, -0.15) is 0 Å². The van der Waals surface area contributed by atoms with E-state index in [0.29, 0.717) is 11.4 Å². The summed E-state index contributed by atoms with van der Waals surface area (Å²) < 4.78 is 1.98. The summed E-state index contributed by atoms with van der Waals surface area (Å²) in [6.07, 6.45) is 4.96. The third kappa shape index (κ3) is 4.91. The Bertz CT molecular complexity index is 1000. The molecule has 0 unspecified atom stereocenters. The van der Waals surface area contributed by atoms with Crippen molar-refractivity contribution in [3.63, 3.8) is 0 Å². The fourth-order valence-electron chi connectivity index (χ4n) is 3.33. The predicted octanol–water partition coefficient (Wildman–Crippen LogP) is 5.47. The van der Waals surface area contributed by atoms with Gasteiger partial charge in [0, 0.05) is 33.2 Å². The maximum Gasteiger partial charge on any atom is 0.285 e. The lowest BCUT2D eigenvalue weighted by Gasteiger charge is -2.26. The first-order chi connectivity index (χ1) is 14.1. The lowest BCUT2D eigenvalue weighted by molar-refractivity contribution is 0.0744. The molecule has 0 radical (unpaired) electrons. The molecule has 0 bridgehead atoms. The van der Waals surface area contributed by atoms with Crippen molar-refractivity contribution in [2.75, 3.05) is 13.1 Å². The van der Waals surface area contributed by atoms with Crippen molar-refractivity contribution in [3.05, 3.63) is 69.4 Å². The van der Waals surface area contributed by atoms with E-state index in [1.54, 1.807) is 6.20 Å². The zero-order valence-electron chi connectivity index (χ0n) is 15.7. The van der Waals surface area contributed by atoms with Gasteiger partial charge in [-0.05, 0) is 37.1 Å². The second-order valence-electron chi connectivity index (χ2n) is 6.95. The Balaban J connectivity index is 1.71. The summed E-state index contributed by atoms with van der Waals surface area (Å²) in [6, 6.07) is 15.8. The summed E-state index contributed by atoms with van der Waals surface area (Å²) in [5.41, 5.74) is 6.57. The van der Waals surface area contributed by atoms with Crippen molar-refractivity contribution in [3.8, 4) is 22.5 Å². The van der Waals surface area contributed by atoms with Crippen molar-refractivity contribution >= 4 is 37.8 Å². The first kappa shape index (κ1) is 20.2. The molecule has 29 heavy (non-hydrogen) atoms. The highest BCUT2D eigenvalue weighted by atomic mass is 79.9. The highest BCUT2D eigenvalue weighted by Crippen LogP contribution is 2.30. The zero-order valence-corrected chi connectivity index (χ0v) is 18.9. The lowest BCUT2D eigenvalue weighted by Crippen LogP contribution is -2.45. The van der Waals surface area contributed by atoms with Gasteiger partial charge in [-0.1, -0.05) is 62.5 Å². The summed E-state index contributed by atoms with van der Waals surface area (Å²) in [5.74, 6) is -0.222. The number of nitrogens with zero attached hydrogens (tertiary/aromatic N) is 3. The predicted molar refractivity (Wildman–Crippen MR) is 121 cm³/mol. The van der Waals surface area contributed by atoms with Crippen LogP contribution < -0.4 is 5.43 Å². The van der Waals surface area contributed by atoms with Gasteiger partial charge in [0.25, 0.3) is 5.91 Å². The van der Waals surface area contributed by atoms with Gasteiger partial charge in [-0.15, -0.1) is 0 Å². The first-order valence-corrected chi connectivity index (χ1v) is 11.1. The molecule has 148 valence electrons. The molecule has 2 aromatic carbocycles. The number of aromatic nitrogens is 2. The van der Waals surface area contributed by atoms with E-state index in [9.17, 15) is 4.79 Å². The standard InChI is InChI=1S/C22H20Br2N4O/c23-17-8-4-15(5-9-17)20-21(16-6-10-18(24)11-7-16)26-19(14-25-20)22(29)27-28-12-2-1-3-13-28/h4-11,14H,1-3,12-13H2,(H,27,29). The number of nitrogens with one attached hydrogen (secondary N) is 1. The number of halogens is 2. The Morgan fingerprint density at radius 1 is 0.828 bits per heavy atom. The number of hydrogen-bond acceptors (Lipinski definition) is 4. The lowest BCUT2D eigenvalue weighted by atomic mass is 10.0. The van der Waals surface area contributed by atoms with Crippen molar-refractivity contribution < 1.29 is 4.79 Å². The van der Waals surface area contributed by atoms with Crippen LogP contribution in [0.3, 0.4) is 0 Å². The molecule has 2 heterocycles. The summed E-state index contributed by atoms with van der Waals surface area (Å²) in [5, 5.41) is 1.97. The van der Waals surface area contributed by atoms with Crippen LogP contribution in [-0.2, 0) is 0 Å². The normalized spacial score (nSPS) is 14.6. The van der Waals surface area contributed by atoms with Gasteiger partial charge in [0.15, 0.2) is 0 Å². The maximum atomic E-state index is 12.8. The molecule has 1 aliphatic rings. The molecule has 1 aromatic heterocycles. The SMILES string of the molecule is O=C(NN1CCCCC1)c1cnc(-c2ccc(Br)cc2)c(-c2ccc(Br)cc2)n1. The molecule has 4 rings (SSSR count). The zero-order chi connectivity index (χ0) is 20.2. The number of amides is 1. The third-order valence-corrected chi connectivity index (χ3v) is 5.91. The Morgan fingerprint density at radius 2 is 1.38 bits per heavy atom. The summed E-state index contributed by atoms with van der Waals surface area (Å²) in [4.78, 5) is 22.1. The molecule has 1 aliphatic heterocycles. The summed E-state index contributed by atoms with van der Waals surface area (Å²) in [6.45, 7) is 1.74. The van der Waals surface area contributed by atoms with E-state index in [4.69, 9.17) is 4.98 Å². The molecule has 7 heteroatoms. The third-order valence-electron chi connectivity index (χ3n) is 4.86. The molecule has 1 N–H and O–H groups in total. The monoisotopic (exact) mass is 514 g/mol. The quantitative estimate of drug-likeness (QED) is 0.500. The Hall–Kier alpha value is -2.09. The van der Waals surface area contributed by atoms with Crippen LogP contribution in [0.2, 0.25) is 0 Å². The number of hydrogen-bond donors (Lipinski definition) is 1. The topological polar surface area (TPSA) is 58.1 Å².